The summed E-state index contributed by atoms with van der Waals surface area (Å²) in [7, 11) is 0. The first-order valence-electron chi connectivity index (χ1n) is 5.57. The third kappa shape index (κ3) is 6.14. The van der Waals surface area contributed by atoms with Crippen LogP contribution in [-0.2, 0) is 4.79 Å². The minimum Gasteiger partial charge on any atom is -0.484 e. The molecule has 0 unspecified atom stereocenters. The van der Waals surface area contributed by atoms with Crippen LogP contribution < -0.4 is 15.8 Å². The Kier molecular flexibility index (Phi) is 6.43. The Morgan fingerprint density at radius 1 is 1.41 bits per heavy atom. The quantitative estimate of drug-likeness (QED) is 0.728. The number of hydrogen-bond acceptors (Lipinski definition) is 3. The van der Waals surface area contributed by atoms with Crippen LogP contribution in [0.5, 0.6) is 5.75 Å². The predicted molar refractivity (Wildman–Crippen MR) is 68.2 cm³/mol. The zero-order valence-electron chi connectivity index (χ0n) is 9.62. The number of carbonyl (C=O) groups excluding carboxylic acids is 1. The number of carbonyl (C=O) groups is 1. The lowest BCUT2D eigenvalue weighted by atomic mass is 10.3. The molecule has 17 heavy (non-hydrogen) atoms. The molecule has 0 saturated heterocycles. The van der Waals surface area contributed by atoms with Crippen molar-refractivity contribution in [2.24, 2.45) is 5.73 Å². The summed E-state index contributed by atoms with van der Waals surface area (Å²) in [6.45, 7) is 1.28. The average molecular weight is 257 g/mol. The van der Waals surface area contributed by atoms with Gasteiger partial charge in [-0.15, -0.1) is 0 Å². The van der Waals surface area contributed by atoms with Crippen LogP contribution in [0.15, 0.2) is 24.3 Å². The van der Waals surface area contributed by atoms with E-state index in [-0.39, 0.29) is 12.5 Å². The molecule has 0 spiro atoms. The van der Waals surface area contributed by atoms with Crippen molar-refractivity contribution >= 4 is 17.5 Å². The van der Waals surface area contributed by atoms with Crippen molar-refractivity contribution in [2.45, 2.75) is 12.8 Å². The lowest BCUT2D eigenvalue weighted by Gasteiger charge is -2.07. The van der Waals surface area contributed by atoms with Gasteiger partial charge in [0.1, 0.15) is 5.75 Å². The van der Waals surface area contributed by atoms with E-state index in [1.54, 1.807) is 24.3 Å². The molecule has 94 valence electrons. The third-order valence-electron chi connectivity index (χ3n) is 2.12. The Morgan fingerprint density at radius 2 is 2.24 bits per heavy atom. The monoisotopic (exact) mass is 256 g/mol. The fraction of sp³-hybridized carbons (Fsp3) is 0.417. The van der Waals surface area contributed by atoms with E-state index < -0.39 is 0 Å². The summed E-state index contributed by atoms with van der Waals surface area (Å²) in [5.74, 6) is 0.455. The van der Waals surface area contributed by atoms with E-state index in [4.69, 9.17) is 22.1 Å². The van der Waals surface area contributed by atoms with Crippen LogP contribution in [0.1, 0.15) is 12.8 Å². The van der Waals surface area contributed by atoms with E-state index in [0.29, 0.717) is 23.9 Å². The molecule has 0 aliphatic rings. The third-order valence-corrected chi connectivity index (χ3v) is 2.35. The molecular formula is C12H17ClN2O2. The number of nitrogens with two attached hydrogens (primary N) is 1. The fourth-order valence-corrected chi connectivity index (χ4v) is 1.43. The van der Waals surface area contributed by atoms with Gasteiger partial charge in [0.25, 0.3) is 5.91 Å². The maximum atomic E-state index is 11.4. The number of nitrogens with one attached hydrogen (secondary N) is 1. The maximum absolute atomic E-state index is 11.4. The Labute approximate surface area is 106 Å². The van der Waals surface area contributed by atoms with Crippen LogP contribution in [0.25, 0.3) is 0 Å². The Bertz CT molecular complexity index is 358. The van der Waals surface area contributed by atoms with Crippen molar-refractivity contribution in [3.8, 4) is 5.75 Å². The van der Waals surface area contributed by atoms with Crippen LogP contribution in [0.2, 0.25) is 5.02 Å². The van der Waals surface area contributed by atoms with Crippen LogP contribution >= 0.6 is 11.6 Å². The Hall–Kier alpha value is -1.26. The summed E-state index contributed by atoms with van der Waals surface area (Å²) in [4.78, 5) is 11.4. The molecule has 5 heteroatoms. The standard InChI is InChI=1S/C12H17ClN2O2/c13-10-4-3-5-11(8-10)17-9-12(16)15-7-2-1-6-14/h3-5,8H,1-2,6-7,9,14H2,(H,15,16). The van der Waals surface area contributed by atoms with Crippen molar-refractivity contribution in [2.75, 3.05) is 19.7 Å². The summed E-state index contributed by atoms with van der Waals surface area (Å²) in [5, 5.41) is 3.34. The highest BCUT2D eigenvalue weighted by atomic mass is 35.5. The molecule has 0 aliphatic heterocycles. The van der Waals surface area contributed by atoms with Crippen molar-refractivity contribution in [1.29, 1.82) is 0 Å². The first kappa shape index (κ1) is 13.8. The molecule has 0 bridgehead atoms. The predicted octanol–water partition coefficient (Wildman–Crippen LogP) is 1.57. The second-order valence-corrected chi connectivity index (χ2v) is 4.03. The maximum Gasteiger partial charge on any atom is 0.257 e. The summed E-state index contributed by atoms with van der Waals surface area (Å²) >= 11 is 5.79. The summed E-state index contributed by atoms with van der Waals surface area (Å²) in [5.41, 5.74) is 5.34. The number of benzene rings is 1. The minimum atomic E-state index is -0.137. The molecule has 0 heterocycles. The zero-order valence-corrected chi connectivity index (χ0v) is 10.4. The molecule has 0 atom stereocenters. The number of ether oxygens (including phenoxy) is 1. The number of unbranched alkanes of at least 4 members (excludes halogenated alkanes) is 1. The van der Waals surface area contributed by atoms with Gasteiger partial charge in [-0.25, -0.2) is 0 Å². The molecule has 0 fully saturated rings. The van der Waals surface area contributed by atoms with Gasteiger partial charge in [0.2, 0.25) is 0 Å². The van der Waals surface area contributed by atoms with Gasteiger partial charge < -0.3 is 15.8 Å². The van der Waals surface area contributed by atoms with Gasteiger partial charge in [-0.2, -0.15) is 0 Å². The molecule has 0 radical (unpaired) electrons. The van der Waals surface area contributed by atoms with E-state index in [9.17, 15) is 4.79 Å². The molecule has 4 nitrogen and oxygen atoms in total. The van der Waals surface area contributed by atoms with Gasteiger partial charge in [-0.1, -0.05) is 17.7 Å². The lowest BCUT2D eigenvalue weighted by Crippen LogP contribution is -2.29. The van der Waals surface area contributed by atoms with Gasteiger partial charge in [-0.3, -0.25) is 4.79 Å². The summed E-state index contributed by atoms with van der Waals surface area (Å²) in [6, 6.07) is 6.95. The number of rotatable bonds is 7. The van der Waals surface area contributed by atoms with E-state index in [2.05, 4.69) is 5.32 Å². The van der Waals surface area contributed by atoms with Crippen molar-refractivity contribution < 1.29 is 9.53 Å². The average Bonchev–Trinajstić information content (AvgIpc) is 2.32. The molecular weight excluding hydrogens is 240 g/mol. The molecule has 1 aromatic rings. The molecule has 0 saturated carbocycles. The summed E-state index contributed by atoms with van der Waals surface area (Å²) in [6.07, 6.45) is 1.80. The van der Waals surface area contributed by atoms with Gasteiger partial charge >= 0.3 is 0 Å². The first-order valence-corrected chi connectivity index (χ1v) is 5.95. The summed E-state index contributed by atoms with van der Waals surface area (Å²) < 4.78 is 5.28. The second kappa shape index (κ2) is 7.92. The highest BCUT2D eigenvalue weighted by molar-refractivity contribution is 6.30. The van der Waals surface area contributed by atoms with Gasteiger partial charge in [-0.05, 0) is 37.6 Å². The second-order valence-electron chi connectivity index (χ2n) is 3.59. The molecule has 1 rings (SSSR count). The van der Waals surface area contributed by atoms with Crippen molar-refractivity contribution in [3.05, 3.63) is 29.3 Å². The molecule has 1 aromatic carbocycles. The molecule has 0 aromatic heterocycles. The van der Waals surface area contributed by atoms with Crippen LogP contribution in [0, 0.1) is 0 Å². The number of hydrogen-bond donors (Lipinski definition) is 2. The molecule has 3 N–H and O–H groups in total. The van der Waals surface area contributed by atoms with Gasteiger partial charge in [0, 0.05) is 11.6 Å². The van der Waals surface area contributed by atoms with E-state index in [1.807, 2.05) is 0 Å². The largest absolute Gasteiger partial charge is 0.484 e. The minimum absolute atomic E-state index is 0.00294. The van der Waals surface area contributed by atoms with Crippen LogP contribution in [-0.4, -0.2) is 25.6 Å². The highest BCUT2D eigenvalue weighted by Gasteiger charge is 2.02. The Balaban J connectivity index is 2.19. The van der Waals surface area contributed by atoms with Crippen molar-refractivity contribution in [1.82, 2.24) is 5.32 Å². The first-order chi connectivity index (χ1) is 8.22. The number of amides is 1. The van der Waals surface area contributed by atoms with Gasteiger partial charge in [0.05, 0.1) is 0 Å². The molecule has 1 amide bonds. The van der Waals surface area contributed by atoms with Gasteiger partial charge in [0.15, 0.2) is 6.61 Å². The van der Waals surface area contributed by atoms with Crippen molar-refractivity contribution in [3.63, 3.8) is 0 Å². The van der Waals surface area contributed by atoms with E-state index >= 15 is 0 Å². The van der Waals surface area contributed by atoms with E-state index in [1.165, 1.54) is 0 Å². The van der Waals surface area contributed by atoms with Crippen LogP contribution in [0.3, 0.4) is 0 Å². The Morgan fingerprint density at radius 3 is 2.94 bits per heavy atom. The SMILES string of the molecule is NCCCCNC(=O)COc1cccc(Cl)c1. The normalized spacial score (nSPS) is 10.0. The zero-order chi connectivity index (χ0) is 12.5. The topological polar surface area (TPSA) is 64.3 Å². The smallest absolute Gasteiger partial charge is 0.257 e. The van der Waals surface area contributed by atoms with E-state index in [0.717, 1.165) is 12.8 Å². The molecule has 0 aliphatic carbocycles. The highest BCUT2D eigenvalue weighted by Crippen LogP contribution is 2.16. The fourth-order valence-electron chi connectivity index (χ4n) is 1.25. The van der Waals surface area contributed by atoms with Crippen LogP contribution in [0.4, 0.5) is 0 Å². The lowest BCUT2D eigenvalue weighted by molar-refractivity contribution is -0.123. The number of halogens is 1.